The predicted octanol–water partition coefficient (Wildman–Crippen LogP) is 3.99. The summed E-state index contributed by atoms with van der Waals surface area (Å²) in [6.45, 7) is 0. The van der Waals surface area contributed by atoms with Gasteiger partial charge in [0.25, 0.3) is 0 Å². The van der Waals surface area contributed by atoms with Crippen LogP contribution in [0.4, 0.5) is 0 Å². The number of hydrogen-bond donors (Lipinski definition) is 0. The third-order valence-corrected chi connectivity index (χ3v) is 4.29. The molecule has 104 valence electrons. The average Bonchev–Trinajstić information content (AvgIpc) is 2.73. The van der Waals surface area contributed by atoms with E-state index in [0.29, 0.717) is 11.1 Å². The van der Waals surface area contributed by atoms with Crippen molar-refractivity contribution in [2.45, 2.75) is 5.25 Å². The maximum atomic E-state index is 9.45. The van der Waals surface area contributed by atoms with E-state index >= 15 is 0 Å². The van der Waals surface area contributed by atoms with Crippen LogP contribution >= 0.6 is 11.8 Å². The van der Waals surface area contributed by atoms with Crippen molar-refractivity contribution in [3.8, 4) is 12.1 Å². The van der Waals surface area contributed by atoms with Crippen molar-refractivity contribution in [2.24, 2.45) is 4.99 Å². The third-order valence-electron chi connectivity index (χ3n) is 3.19. The van der Waals surface area contributed by atoms with E-state index < -0.39 is 0 Å². The van der Waals surface area contributed by atoms with Crippen molar-refractivity contribution in [3.63, 3.8) is 0 Å². The highest BCUT2D eigenvalue weighted by Gasteiger charge is 2.18. The van der Waals surface area contributed by atoms with Crippen LogP contribution < -0.4 is 0 Å². The first-order valence-electron chi connectivity index (χ1n) is 6.73. The molecule has 1 aromatic rings. The van der Waals surface area contributed by atoms with E-state index in [0.717, 1.165) is 16.3 Å². The van der Waals surface area contributed by atoms with Crippen molar-refractivity contribution in [1.82, 2.24) is 0 Å². The van der Waals surface area contributed by atoms with Gasteiger partial charge in [-0.15, -0.1) is 0 Å². The Hall–Kier alpha value is -2.82. The number of nitrogens with zero attached hydrogens (tertiary/aromatic N) is 3. The van der Waals surface area contributed by atoms with Crippen molar-refractivity contribution in [2.75, 3.05) is 0 Å². The molecule has 3 nitrogen and oxygen atoms in total. The number of benzene rings is 1. The zero-order chi connectivity index (χ0) is 15.4. The van der Waals surface area contributed by atoms with E-state index in [4.69, 9.17) is 5.26 Å². The van der Waals surface area contributed by atoms with Crippen molar-refractivity contribution in [1.29, 1.82) is 10.5 Å². The molecule has 1 unspecified atom stereocenters. The number of nitriles is 2. The summed E-state index contributed by atoms with van der Waals surface area (Å²) >= 11 is 1.56. The Morgan fingerprint density at radius 3 is 2.73 bits per heavy atom. The lowest BCUT2D eigenvalue weighted by molar-refractivity contribution is 1.31. The van der Waals surface area contributed by atoms with Crippen LogP contribution in [-0.2, 0) is 0 Å². The molecule has 22 heavy (non-hydrogen) atoms. The van der Waals surface area contributed by atoms with Crippen LogP contribution in [0.15, 0.2) is 70.9 Å². The Balaban J connectivity index is 1.93. The lowest BCUT2D eigenvalue weighted by Gasteiger charge is -2.15. The molecule has 0 saturated heterocycles. The molecule has 1 atom stereocenters. The minimum atomic E-state index is 0.204. The Morgan fingerprint density at radius 2 is 2.00 bits per heavy atom. The van der Waals surface area contributed by atoms with E-state index in [9.17, 15) is 5.26 Å². The Bertz CT molecular complexity index is 825. The lowest BCUT2D eigenvalue weighted by Crippen LogP contribution is -2.08. The van der Waals surface area contributed by atoms with Gasteiger partial charge in [-0.25, -0.2) is 4.99 Å². The topological polar surface area (TPSA) is 59.9 Å². The van der Waals surface area contributed by atoms with Crippen LogP contribution in [0, 0.1) is 22.7 Å². The standard InChI is InChI=1S/C18H11N3S/c19-11-14-7-5-13(6-8-14)9-15(12-20)18-21-16-3-1-2-4-17(10-16)22-18/h1-10,17H/b15-9-. The summed E-state index contributed by atoms with van der Waals surface area (Å²) in [5.41, 5.74) is 2.90. The summed E-state index contributed by atoms with van der Waals surface area (Å²) in [5.74, 6) is 0. The van der Waals surface area contributed by atoms with Gasteiger partial charge in [-0.2, -0.15) is 10.5 Å². The van der Waals surface area contributed by atoms with Gasteiger partial charge < -0.3 is 0 Å². The molecule has 0 aromatic heterocycles. The van der Waals surface area contributed by atoms with Gasteiger partial charge in [0, 0.05) is 5.25 Å². The summed E-state index contributed by atoms with van der Waals surface area (Å²) in [4.78, 5) is 4.53. The number of thioether (sulfide) groups is 1. The molecule has 2 aliphatic rings. The molecule has 0 saturated carbocycles. The van der Waals surface area contributed by atoms with Crippen LogP contribution in [-0.4, -0.2) is 10.3 Å². The highest BCUT2D eigenvalue weighted by Crippen LogP contribution is 2.30. The molecule has 4 heteroatoms. The van der Waals surface area contributed by atoms with Gasteiger partial charge in [-0.05, 0) is 35.9 Å². The maximum Gasteiger partial charge on any atom is 0.115 e. The van der Waals surface area contributed by atoms with E-state index in [-0.39, 0.29) is 5.25 Å². The number of rotatable bonds is 2. The summed E-state index contributed by atoms with van der Waals surface area (Å²) < 4.78 is 0. The Morgan fingerprint density at radius 1 is 1.18 bits per heavy atom. The summed E-state index contributed by atoms with van der Waals surface area (Å²) in [5, 5.41) is 19.2. The molecule has 0 N–H and O–H groups in total. The van der Waals surface area contributed by atoms with Crippen LogP contribution in [0.2, 0.25) is 0 Å². The van der Waals surface area contributed by atoms with Crippen LogP contribution in [0.3, 0.4) is 0 Å². The normalized spacial score (nSPS) is 19.5. The van der Waals surface area contributed by atoms with Gasteiger partial charge in [0.15, 0.2) is 0 Å². The predicted molar refractivity (Wildman–Crippen MR) is 89.9 cm³/mol. The molecule has 0 radical (unpaired) electrons. The second-order valence-corrected chi connectivity index (χ2v) is 5.91. The van der Waals surface area contributed by atoms with Crippen molar-refractivity contribution in [3.05, 3.63) is 77.0 Å². The molecular formula is C18H11N3S. The zero-order valence-electron chi connectivity index (χ0n) is 11.6. The maximum absolute atomic E-state index is 9.45. The average molecular weight is 301 g/mol. The monoisotopic (exact) mass is 301 g/mol. The zero-order valence-corrected chi connectivity index (χ0v) is 12.4. The van der Waals surface area contributed by atoms with E-state index in [1.807, 2.05) is 30.4 Å². The largest absolute Gasteiger partial charge is 0.241 e. The van der Waals surface area contributed by atoms with E-state index in [2.05, 4.69) is 29.3 Å². The molecule has 2 bridgehead atoms. The molecule has 1 aromatic carbocycles. The lowest BCUT2D eigenvalue weighted by atomic mass is 10.1. The molecule has 0 fully saturated rings. The fraction of sp³-hybridized carbons (Fsp3) is 0.0556. The summed E-state index contributed by atoms with van der Waals surface area (Å²) in [7, 11) is 0. The smallest absolute Gasteiger partial charge is 0.115 e. The van der Waals surface area contributed by atoms with Crippen LogP contribution in [0.25, 0.3) is 6.08 Å². The number of hydrogen-bond acceptors (Lipinski definition) is 4. The second kappa shape index (κ2) is 6.30. The first-order chi connectivity index (χ1) is 10.8. The number of aliphatic imine (C=N–C) groups is 1. The SMILES string of the molecule is N#C/C(=C/c1ccc(C#N)cc1)C1=NC2=CC(C=CC=C2)S1. The molecule has 3 rings (SSSR count). The minimum Gasteiger partial charge on any atom is -0.241 e. The van der Waals surface area contributed by atoms with Crippen molar-refractivity contribution < 1.29 is 0 Å². The van der Waals surface area contributed by atoms with Crippen LogP contribution in [0.5, 0.6) is 0 Å². The number of fused-ring (bicyclic) bond motifs is 1. The van der Waals surface area contributed by atoms with E-state index in [1.54, 1.807) is 30.0 Å². The fourth-order valence-electron chi connectivity index (χ4n) is 2.11. The van der Waals surface area contributed by atoms with Gasteiger partial charge in [-0.1, -0.05) is 42.1 Å². The Labute approximate surface area is 133 Å². The fourth-order valence-corrected chi connectivity index (χ4v) is 3.14. The third kappa shape index (κ3) is 3.09. The van der Waals surface area contributed by atoms with Gasteiger partial charge >= 0.3 is 0 Å². The quantitative estimate of drug-likeness (QED) is 0.776. The minimum absolute atomic E-state index is 0.204. The summed E-state index contributed by atoms with van der Waals surface area (Å²) in [6.07, 6.45) is 11.8. The summed E-state index contributed by atoms with van der Waals surface area (Å²) in [6, 6.07) is 11.4. The first kappa shape index (κ1) is 14.1. The second-order valence-electron chi connectivity index (χ2n) is 4.74. The van der Waals surface area contributed by atoms with Gasteiger partial charge in [0.2, 0.25) is 0 Å². The van der Waals surface area contributed by atoms with Crippen LogP contribution in [0.1, 0.15) is 11.1 Å². The molecule has 1 aliphatic carbocycles. The van der Waals surface area contributed by atoms with E-state index in [1.165, 1.54) is 0 Å². The highest BCUT2D eigenvalue weighted by atomic mass is 32.2. The highest BCUT2D eigenvalue weighted by molar-refractivity contribution is 8.15. The van der Waals surface area contributed by atoms with Gasteiger partial charge in [0.05, 0.1) is 22.9 Å². The van der Waals surface area contributed by atoms with Crippen molar-refractivity contribution >= 4 is 22.9 Å². The molecule has 1 aliphatic heterocycles. The molecule has 0 spiro atoms. The molecule has 1 heterocycles. The number of allylic oxidation sites excluding steroid dienone is 3. The molecule has 0 amide bonds. The van der Waals surface area contributed by atoms with Gasteiger partial charge in [0.1, 0.15) is 11.1 Å². The Kier molecular flexibility index (Phi) is 4.05. The first-order valence-corrected chi connectivity index (χ1v) is 7.61. The molecular weight excluding hydrogens is 290 g/mol. The van der Waals surface area contributed by atoms with Gasteiger partial charge in [-0.3, -0.25) is 0 Å².